The number of nitrogens with zero attached hydrogens (tertiary/aromatic N) is 2. The third kappa shape index (κ3) is 3.57. The van der Waals surface area contributed by atoms with Crippen LogP contribution in [0.4, 0.5) is 0 Å². The Hall–Kier alpha value is -1.10. The van der Waals surface area contributed by atoms with Crippen LogP contribution >= 0.6 is 0 Å². The van der Waals surface area contributed by atoms with Gasteiger partial charge in [-0.25, -0.2) is 0 Å². The summed E-state index contributed by atoms with van der Waals surface area (Å²) < 4.78 is 0. The lowest BCUT2D eigenvalue weighted by molar-refractivity contribution is -0.149. The van der Waals surface area contributed by atoms with E-state index in [-0.39, 0.29) is 24.5 Å². The molecular weight excluding hydrogens is 268 g/mol. The van der Waals surface area contributed by atoms with Crippen LogP contribution in [0.5, 0.6) is 0 Å². The van der Waals surface area contributed by atoms with Crippen LogP contribution < -0.4 is 0 Å². The van der Waals surface area contributed by atoms with Gasteiger partial charge in [-0.05, 0) is 31.6 Å². The smallest absolute Gasteiger partial charge is 0.245 e. The van der Waals surface area contributed by atoms with Crippen LogP contribution in [0, 0.1) is 11.3 Å². The molecule has 2 rings (SSSR count). The molecule has 2 fully saturated rings. The molecule has 0 radical (unpaired) electrons. The minimum absolute atomic E-state index is 0.0728. The number of carbonyl (C=O) groups excluding carboxylic acids is 2. The number of aliphatic hydroxyl groups excluding tert-OH is 1. The fourth-order valence-corrected chi connectivity index (χ4v) is 3.24. The zero-order chi connectivity index (χ0) is 15.6. The van der Waals surface area contributed by atoms with Crippen LogP contribution in [0.2, 0.25) is 0 Å². The predicted octanol–water partition coefficient (Wildman–Crippen LogP) is 1.25. The second kappa shape index (κ2) is 6.34. The summed E-state index contributed by atoms with van der Waals surface area (Å²) in [6.45, 7) is 8.03. The first kappa shape index (κ1) is 16.3. The second-order valence-electron chi connectivity index (χ2n) is 7.36. The van der Waals surface area contributed by atoms with Crippen molar-refractivity contribution in [3.8, 4) is 0 Å². The molecule has 5 nitrogen and oxygen atoms in total. The molecule has 2 aliphatic rings. The first-order valence-electron chi connectivity index (χ1n) is 8.05. The number of aliphatic hydroxyl groups is 1. The highest BCUT2D eigenvalue weighted by molar-refractivity contribution is 5.90. The molecule has 5 heteroatoms. The lowest BCUT2D eigenvalue weighted by atomic mass is 9.94. The Kier molecular flexibility index (Phi) is 4.91. The fraction of sp³-hybridized carbons (Fsp3) is 0.875. The number of carbonyl (C=O) groups is 2. The van der Waals surface area contributed by atoms with Gasteiger partial charge in [-0.3, -0.25) is 9.59 Å². The maximum atomic E-state index is 12.7. The zero-order valence-corrected chi connectivity index (χ0v) is 13.5. The van der Waals surface area contributed by atoms with E-state index in [2.05, 4.69) is 0 Å². The maximum Gasteiger partial charge on any atom is 0.245 e. The number of amides is 2. The molecule has 1 atom stereocenters. The highest BCUT2D eigenvalue weighted by Gasteiger charge is 2.40. The lowest BCUT2D eigenvalue weighted by Crippen LogP contribution is -2.52. The van der Waals surface area contributed by atoms with E-state index in [1.807, 2.05) is 25.7 Å². The molecule has 1 unspecified atom stereocenters. The Morgan fingerprint density at radius 3 is 2.24 bits per heavy atom. The molecule has 2 amide bonds. The molecule has 2 saturated heterocycles. The molecule has 2 aliphatic heterocycles. The van der Waals surface area contributed by atoms with Gasteiger partial charge in [0.25, 0.3) is 0 Å². The number of hydrogen-bond acceptors (Lipinski definition) is 3. The molecule has 0 aromatic heterocycles. The lowest BCUT2D eigenvalue weighted by Gasteiger charge is -2.36. The Morgan fingerprint density at radius 2 is 1.71 bits per heavy atom. The van der Waals surface area contributed by atoms with Crippen molar-refractivity contribution < 1.29 is 14.7 Å². The van der Waals surface area contributed by atoms with Crippen LogP contribution in [0.1, 0.15) is 46.5 Å². The Morgan fingerprint density at radius 1 is 1.10 bits per heavy atom. The monoisotopic (exact) mass is 296 g/mol. The van der Waals surface area contributed by atoms with Crippen molar-refractivity contribution in [2.45, 2.75) is 52.5 Å². The summed E-state index contributed by atoms with van der Waals surface area (Å²) in [4.78, 5) is 28.9. The van der Waals surface area contributed by atoms with E-state index in [0.29, 0.717) is 25.6 Å². The maximum absolute atomic E-state index is 12.7. The summed E-state index contributed by atoms with van der Waals surface area (Å²) in [5.74, 6) is 0.495. The predicted molar refractivity (Wildman–Crippen MR) is 80.6 cm³/mol. The number of rotatable bonds is 2. The molecule has 0 spiro atoms. The molecular formula is C16H28N2O3. The summed E-state index contributed by atoms with van der Waals surface area (Å²) in [5.41, 5.74) is -0.438. The summed E-state index contributed by atoms with van der Waals surface area (Å²) in [5, 5.41) is 9.18. The van der Waals surface area contributed by atoms with Crippen LogP contribution in [0.15, 0.2) is 0 Å². The van der Waals surface area contributed by atoms with Crippen molar-refractivity contribution in [3.05, 3.63) is 0 Å². The van der Waals surface area contributed by atoms with E-state index in [9.17, 15) is 14.7 Å². The third-order valence-corrected chi connectivity index (χ3v) is 4.62. The first-order valence-corrected chi connectivity index (χ1v) is 8.05. The topological polar surface area (TPSA) is 60.9 Å². The van der Waals surface area contributed by atoms with E-state index < -0.39 is 5.41 Å². The van der Waals surface area contributed by atoms with E-state index in [0.717, 1.165) is 25.7 Å². The Balaban J connectivity index is 2.00. The van der Waals surface area contributed by atoms with Crippen molar-refractivity contribution in [2.24, 2.45) is 11.3 Å². The van der Waals surface area contributed by atoms with Crippen molar-refractivity contribution >= 4 is 11.8 Å². The van der Waals surface area contributed by atoms with Gasteiger partial charge < -0.3 is 14.9 Å². The van der Waals surface area contributed by atoms with Gasteiger partial charge in [-0.2, -0.15) is 0 Å². The van der Waals surface area contributed by atoms with Crippen molar-refractivity contribution in [2.75, 3.05) is 26.2 Å². The molecule has 0 aromatic carbocycles. The molecule has 0 aromatic rings. The number of likely N-dealkylation sites (tertiary alicyclic amines) is 2. The van der Waals surface area contributed by atoms with Gasteiger partial charge >= 0.3 is 0 Å². The van der Waals surface area contributed by atoms with Crippen molar-refractivity contribution in [1.29, 1.82) is 0 Å². The SMILES string of the molecule is CC(C)(C)C(=O)N1CCCC1C(=O)N1CCC(CO)CC1. The highest BCUT2D eigenvalue weighted by Crippen LogP contribution is 2.27. The molecule has 0 saturated carbocycles. The average Bonchev–Trinajstić information content (AvgIpc) is 2.94. The normalized spacial score (nSPS) is 24.5. The van der Waals surface area contributed by atoms with E-state index in [4.69, 9.17) is 0 Å². The first-order chi connectivity index (χ1) is 9.84. The largest absolute Gasteiger partial charge is 0.396 e. The van der Waals surface area contributed by atoms with E-state index in [1.54, 1.807) is 4.90 Å². The number of hydrogen-bond donors (Lipinski definition) is 1. The van der Waals surface area contributed by atoms with Gasteiger partial charge in [0.05, 0.1) is 0 Å². The summed E-state index contributed by atoms with van der Waals surface area (Å²) in [7, 11) is 0. The molecule has 21 heavy (non-hydrogen) atoms. The van der Waals surface area contributed by atoms with Crippen molar-refractivity contribution in [3.63, 3.8) is 0 Å². The zero-order valence-electron chi connectivity index (χ0n) is 13.5. The van der Waals surface area contributed by atoms with E-state index >= 15 is 0 Å². The Labute approximate surface area is 127 Å². The standard InChI is InChI=1S/C16H28N2O3/c1-16(2,3)15(21)18-8-4-5-13(18)14(20)17-9-6-12(11-19)7-10-17/h12-13,19H,4-11H2,1-3H3. The summed E-state index contributed by atoms with van der Waals surface area (Å²) in [6.07, 6.45) is 3.41. The second-order valence-corrected chi connectivity index (χ2v) is 7.36. The Bertz CT molecular complexity index is 395. The number of piperidine rings is 1. The van der Waals surface area contributed by atoms with Crippen LogP contribution in [0.25, 0.3) is 0 Å². The van der Waals surface area contributed by atoms with Gasteiger partial charge in [-0.1, -0.05) is 20.8 Å². The minimum atomic E-state index is -0.438. The van der Waals surface area contributed by atoms with Gasteiger partial charge in [0.2, 0.25) is 11.8 Å². The van der Waals surface area contributed by atoms with Crippen LogP contribution in [-0.4, -0.2) is 59.0 Å². The van der Waals surface area contributed by atoms with Gasteiger partial charge in [0, 0.05) is 31.7 Å². The van der Waals surface area contributed by atoms with Crippen molar-refractivity contribution in [1.82, 2.24) is 9.80 Å². The molecule has 2 heterocycles. The average molecular weight is 296 g/mol. The minimum Gasteiger partial charge on any atom is -0.396 e. The van der Waals surface area contributed by atoms with Gasteiger partial charge in [0.15, 0.2) is 0 Å². The third-order valence-electron chi connectivity index (χ3n) is 4.62. The molecule has 0 aliphatic carbocycles. The highest BCUT2D eigenvalue weighted by atomic mass is 16.3. The van der Waals surface area contributed by atoms with Gasteiger partial charge in [0.1, 0.15) is 6.04 Å². The van der Waals surface area contributed by atoms with Crippen LogP contribution in [-0.2, 0) is 9.59 Å². The molecule has 0 bridgehead atoms. The summed E-state index contributed by atoms with van der Waals surface area (Å²) in [6, 6.07) is -0.276. The van der Waals surface area contributed by atoms with Gasteiger partial charge in [-0.15, -0.1) is 0 Å². The fourth-order valence-electron chi connectivity index (χ4n) is 3.24. The van der Waals surface area contributed by atoms with E-state index in [1.165, 1.54) is 0 Å². The molecule has 120 valence electrons. The molecule has 1 N–H and O–H groups in total. The summed E-state index contributed by atoms with van der Waals surface area (Å²) >= 11 is 0. The van der Waals surface area contributed by atoms with Crippen LogP contribution in [0.3, 0.4) is 0 Å². The quantitative estimate of drug-likeness (QED) is 0.834.